The van der Waals surface area contributed by atoms with Crippen LogP contribution in [-0.2, 0) is 15.8 Å². The summed E-state index contributed by atoms with van der Waals surface area (Å²) in [5.74, 6) is -4.17. The number of nitrogens with two attached hydrogens (primary N) is 1. The summed E-state index contributed by atoms with van der Waals surface area (Å²) >= 11 is 0. The lowest BCUT2D eigenvalue weighted by atomic mass is 9.79. The Morgan fingerprint density at radius 3 is 2.52 bits per heavy atom. The largest absolute Gasteiger partial charge is 0.586 e. The molecule has 4 aromatic rings. The van der Waals surface area contributed by atoms with Crippen LogP contribution in [0.5, 0.6) is 23.0 Å². The molecule has 1 aliphatic carbocycles. The van der Waals surface area contributed by atoms with Crippen molar-refractivity contribution in [2.45, 2.75) is 50.1 Å². The highest BCUT2D eigenvalue weighted by atomic mass is 19.3. The number of hydrogen-bond donors (Lipinski definition) is 3. The molecule has 262 valence electrons. The Balaban J connectivity index is 1.30. The van der Waals surface area contributed by atoms with Crippen LogP contribution >= 0.6 is 0 Å². The number of ether oxygens (including phenoxy) is 4. The second kappa shape index (κ2) is 11.6. The molecule has 1 fully saturated rings. The van der Waals surface area contributed by atoms with E-state index in [9.17, 15) is 41.0 Å². The predicted molar refractivity (Wildman–Crippen MR) is 160 cm³/mol. The number of pyridine rings is 2. The third kappa shape index (κ3) is 5.54. The van der Waals surface area contributed by atoms with Gasteiger partial charge >= 0.3 is 12.9 Å². The summed E-state index contributed by atoms with van der Waals surface area (Å²) in [5.41, 5.74) is 0.590. The molecule has 0 bridgehead atoms. The minimum absolute atomic E-state index is 0.0199. The zero-order valence-electron chi connectivity index (χ0n) is 25.8. The number of fused-ring (bicyclic) bond motifs is 3. The van der Waals surface area contributed by atoms with Gasteiger partial charge in [0.2, 0.25) is 5.91 Å². The van der Waals surface area contributed by atoms with Crippen LogP contribution in [0.4, 0.5) is 26.3 Å². The molecule has 0 spiro atoms. The molecule has 2 aromatic carbocycles. The highest BCUT2D eigenvalue weighted by Gasteiger charge is 2.56. The topological polar surface area (TPSA) is 155 Å². The van der Waals surface area contributed by atoms with Crippen molar-refractivity contribution in [3.8, 4) is 34.3 Å². The van der Waals surface area contributed by atoms with Gasteiger partial charge in [-0.05, 0) is 73.7 Å². The average Bonchev–Trinajstić information content (AvgIpc) is 3.75. The minimum atomic E-state index is -3.97. The minimum Gasteiger partial charge on any atom is -0.489 e. The Labute approximate surface area is 278 Å². The van der Waals surface area contributed by atoms with Gasteiger partial charge in [0.05, 0.1) is 12.2 Å². The molecule has 2 amide bonds. The zero-order chi connectivity index (χ0) is 35.7. The smallest absolute Gasteiger partial charge is 0.489 e. The van der Waals surface area contributed by atoms with Gasteiger partial charge in [0.1, 0.15) is 29.2 Å². The maximum absolute atomic E-state index is 14.7. The molecular formula is C33H26F6N4O7. The first kappa shape index (κ1) is 33.2. The molecule has 0 radical (unpaired) electrons. The Morgan fingerprint density at radius 2 is 1.84 bits per heavy atom. The predicted octanol–water partition coefficient (Wildman–Crippen LogP) is 4.94. The fourth-order valence-electron chi connectivity index (χ4n) is 6.25. The molecule has 1 saturated carbocycles. The number of primary amides is 1. The van der Waals surface area contributed by atoms with Gasteiger partial charge in [0, 0.05) is 28.3 Å². The van der Waals surface area contributed by atoms with Crippen molar-refractivity contribution in [1.82, 2.24) is 15.3 Å². The second-order valence-corrected chi connectivity index (χ2v) is 12.3. The van der Waals surface area contributed by atoms with Crippen LogP contribution in [0.25, 0.3) is 22.2 Å². The van der Waals surface area contributed by atoms with Gasteiger partial charge in [-0.15, -0.1) is 8.78 Å². The van der Waals surface area contributed by atoms with E-state index in [4.69, 9.17) is 10.5 Å². The van der Waals surface area contributed by atoms with Crippen LogP contribution in [0.15, 0.2) is 48.7 Å². The SMILES string of the molecule is Cc1cnc2c(OC(F)F)cc(C(=O)NC[C@](O)(c3cc4c(c(-c5ccc6c(c5)OC(F)(F)O6)n3)OC[C@]4(C(N)=O)C(F)F)C3CC3)cc2c1. The summed E-state index contributed by atoms with van der Waals surface area (Å²) in [4.78, 5) is 34.8. The molecule has 2 aromatic heterocycles. The molecule has 3 aliphatic rings. The van der Waals surface area contributed by atoms with Gasteiger partial charge in [-0.1, -0.05) is 0 Å². The lowest BCUT2D eigenvalue weighted by Gasteiger charge is -2.30. The van der Waals surface area contributed by atoms with Crippen molar-refractivity contribution in [1.29, 1.82) is 0 Å². The van der Waals surface area contributed by atoms with Gasteiger partial charge in [-0.2, -0.15) is 8.78 Å². The van der Waals surface area contributed by atoms with E-state index in [2.05, 4.69) is 29.5 Å². The number of amides is 2. The Morgan fingerprint density at radius 1 is 1.10 bits per heavy atom. The number of nitrogens with one attached hydrogen (secondary N) is 1. The first-order valence-electron chi connectivity index (χ1n) is 15.1. The van der Waals surface area contributed by atoms with E-state index in [1.807, 2.05) is 0 Å². The molecule has 11 nitrogen and oxygen atoms in total. The molecule has 0 saturated heterocycles. The van der Waals surface area contributed by atoms with Gasteiger partial charge in [-0.3, -0.25) is 14.6 Å². The molecule has 17 heteroatoms. The number of aliphatic hydroxyl groups is 1. The van der Waals surface area contributed by atoms with Crippen molar-refractivity contribution in [2.75, 3.05) is 13.2 Å². The van der Waals surface area contributed by atoms with Gasteiger partial charge < -0.3 is 35.1 Å². The first-order chi connectivity index (χ1) is 23.6. The zero-order valence-corrected chi connectivity index (χ0v) is 25.8. The fraction of sp³-hybridized carbons (Fsp3) is 0.333. The van der Waals surface area contributed by atoms with Crippen molar-refractivity contribution < 1.29 is 60.0 Å². The Hall–Kier alpha value is -5.32. The van der Waals surface area contributed by atoms with E-state index in [-0.39, 0.29) is 45.3 Å². The summed E-state index contributed by atoms with van der Waals surface area (Å²) < 4.78 is 103. The van der Waals surface area contributed by atoms with Crippen LogP contribution in [0.1, 0.15) is 40.0 Å². The van der Waals surface area contributed by atoms with Crippen LogP contribution in [0.2, 0.25) is 0 Å². The molecule has 2 atom stereocenters. The lowest BCUT2D eigenvalue weighted by molar-refractivity contribution is -0.286. The third-order valence-corrected chi connectivity index (χ3v) is 8.96. The highest BCUT2D eigenvalue weighted by molar-refractivity contribution is 6.00. The van der Waals surface area contributed by atoms with Crippen LogP contribution in [0, 0.1) is 12.8 Å². The Kier molecular flexibility index (Phi) is 7.73. The first-order valence-corrected chi connectivity index (χ1v) is 15.1. The number of halogens is 6. The van der Waals surface area contributed by atoms with Gasteiger partial charge in [0.15, 0.2) is 22.7 Å². The molecular weight excluding hydrogens is 678 g/mol. The highest BCUT2D eigenvalue weighted by Crippen LogP contribution is 2.52. The molecule has 2 aliphatic heterocycles. The van der Waals surface area contributed by atoms with Crippen molar-refractivity contribution in [3.63, 3.8) is 0 Å². The number of alkyl halides is 6. The molecule has 7 rings (SSSR count). The number of carbonyl (C=O) groups excluding carboxylic acids is 2. The van der Waals surface area contributed by atoms with E-state index in [1.165, 1.54) is 18.3 Å². The molecule has 0 unspecified atom stereocenters. The van der Waals surface area contributed by atoms with Crippen LogP contribution in [-0.4, -0.2) is 59.4 Å². The standard InChI is InChI=1S/C33H26F6N4O7/c1-14-6-16-7-17(9-22(48-30(36)37)24(16)41-11-14)27(44)42-12-32(46,18-3-4-18)23-10-19-26(47-13-31(19,28(34)35)29(40)45)25(43-23)15-2-5-20-21(8-15)50-33(38,39)49-20/h2,5-11,18,28,30,46H,3-4,12-13H2,1H3,(H2,40,45)(H,42,44)/t31-,32-/m1/s1. The number of carbonyl (C=O) groups is 2. The quantitative estimate of drug-likeness (QED) is 0.195. The van der Waals surface area contributed by atoms with E-state index in [0.29, 0.717) is 23.8 Å². The van der Waals surface area contributed by atoms with E-state index in [0.717, 1.165) is 24.3 Å². The number of nitrogens with zero attached hydrogens (tertiary/aromatic N) is 2. The summed E-state index contributed by atoms with van der Waals surface area (Å²) in [6, 6.07) is 8.66. The lowest BCUT2D eigenvalue weighted by Crippen LogP contribution is -2.49. The second-order valence-electron chi connectivity index (χ2n) is 12.3. The summed E-state index contributed by atoms with van der Waals surface area (Å²) in [6.07, 6.45) is -5.04. The van der Waals surface area contributed by atoms with Gasteiger partial charge in [0.25, 0.3) is 12.3 Å². The van der Waals surface area contributed by atoms with Crippen LogP contribution < -0.4 is 30.0 Å². The van der Waals surface area contributed by atoms with Crippen molar-refractivity contribution in [3.05, 3.63) is 71.0 Å². The monoisotopic (exact) mass is 704 g/mol. The maximum atomic E-state index is 14.7. The summed E-state index contributed by atoms with van der Waals surface area (Å²) in [7, 11) is 0. The number of rotatable bonds is 10. The number of hydrogen-bond acceptors (Lipinski definition) is 9. The fourth-order valence-corrected chi connectivity index (χ4v) is 6.25. The van der Waals surface area contributed by atoms with E-state index in [1.54, 1.807) is 13.0 Å². The molecule has 4 heterocycles. The molecule has 50 heavy (non-hydrogen) atoms. The third-order valence-electron chi connectivity index (χ3n) is 8.96. The summed E-state index contributed by atoms with van der Waals surface area (Å²) in [6.45, 7) is -2.94. The van der Waals surface area contributed by atoms with Crippen molar-refractivity contribution >= 4 is 22.7 Å². The normalized spacial score (nSPS) is 20.0. The number of benzene rings is 2. The molecule has 4 N–H and O–H groups in total. The van der Waals surface area contributed by atoms with Crippen LogP contribution in [0.3, 0.4) is 0 Å². The number of aromatic nitrogens is 2. The Bertz CT molecular complexity index is 2060. The average molecular weight is 705 g/mol. The van der Waals surface area contributed by atoms with E-state index >= 15 is 0 Å². The van der Waals surface area contributed by atoms with Gasteiger partial charge in [-0.25, -0.2) is 13.8 Å². The number of aryl methyl sites for hydroxylation is 1. The summed E-state index contributed by atoms with van der Waals surface area (Å²) in [5, 5.41) is 15.1. The van der Waals surface area contributed by atoms with Crippen molar-refractivity contribution in [2.24, 2.45) is 11.7 Å². The maximum Gasteiger partial charge on any atom is 0.586 e. The van der Waals surface area contributed by atoms with E-state index < -0.39 is 72.5 Å².